The van der Waals surface area contributed by atoms with E-state index in [4.69, 9.17) is 0 Å². The third kappa shape index (κ3) is 4.09. The Bertz CT molecular complexity index is 723. The lowest BCUT2D eigenvalue weighted by Gasteiger charge is -2.39. The Morgan fingerprint density at radius 3 is 2.69 bits per heavy atom. The van der Waals surface area contributed by atoms with Gasteiger partial charge in [0.15, 0.2) is 11.0 Å². The Kier molecular flexibility index (Phi) is 6.29. The highest BCUT2D eigenvalue weighted by Gasteiger charge is 2.29. The molecule has 1 amide bonds. The topological polar surface area (TPSA) is 63.9 Å². The van der Waals surface area contributed by atoms with E-state index >= 15 is 0 Å². The van der Waals surface area contributed by atoms with Crippen LogP contribution in [0.1, 0.15) is 46.5 Å². The molecule has 26 heavy (non-hydrogen) atoms. The summed E-state index contributed by atoms with van der Waals surface area (Å²) in [7, 11) is 0. The number of likely N-dealkylation sites (tertiary alicyclic amines) is 1. The zero-order valence-electron chi connectivity index (χ0n) is 15.8. The maximum absolute atomic E-state index is 12.8. The minimum absolute atomic E-state index is 0.198. The van der Waals surface area contributed by atoms with Gasteiger partial charge in [-0.1, -0.05) is 18.7 Å². The van der Waals surface area contributed by atoms with Crippen LogP contribution in [0.2, 0.25) is 0 Å². The number of nitrogens with zero attached hydrogens (tertiary/aromatic N) is 5. The lowest BCUT2D eigenvalue weighted by atomic mass is 9.98. The molecule has 2 aromatic rings. The smallest absolute Gasteiger partial charge is 0.233 e. The monoisotopic (exact) mass is 373 g/mol. The third-order valence-electron chi connectivity index (χ3n) is 4.89. The summed E-state index contributed by atoms with van der Waals surface area (Å²) in [5, 5.41) is 9.50. The van der Waals surface area contributed by atoms with Gasteiger partial charge in [-0.15, -0.1) is 10.2 Å². The van der Waals surface area contributed by atoms with Crippen molar-refractivity contribution in [2.75, 3.05) is 5.75 Å². The molecule has 0 N–H and O–H groups in total. The van der Waals surface area contributed by atoms with E-state index in [0.29, 0.717) is 17.8 Å². The molecule has 2 aromatic heterocycles. The fourth-order valence-corrected chi connectivity index (χ4v) is 4.48. The molecule has 6 nitrogen and oxygen atoms in total. The first-order valence-electron chi connectivity index (χ1n) is 9.39. The zero-order valence-corrected chi connectivity index (χ0v) is 16.6. The van der Waals surface area contributed by atoms with Crippen LogP contribution in [0.15, 0.2) is 29.7 Å². The third-order valence-corrected chi connectivity index (χ3v) is 5.84. The molecule has 7 heteroatoms. The highest BCUT2D eigenvalue weighted by Crippen LogP contribution is 2.27. The maximum Gasteiger partial charge on any atom is 0.233 e. The van der Waals surface area contributed by atoms with Gasteiger partial charge in [0, 0.05) is 36.6 Å². The second-order valence-electron chi connectivity index (χ2n) is 6.92. The number of piperidine rings is 1. The molecule has 0 spiro atoms. The summed E-state index contributed by atoms with van der Waals surface area (Å²) in [6.07, 6.45) is 7.92. The first-order valence-corrected chi connectivity index (χ1v) is 10.4. The van der Waals surface area contributed by atoms with Gasteiger partial charge in [-0.25, -0.2) is 0 Å². The van der Waals surface area contributed by atoms with Gasteiger partial charge in [0.2, 0.25) is 5.91 Å². The molecule has 3 heterocycles. The summed E-state index contributed by atoms with van der Waals surface area (Å²) in [5.74, 6) is 1.42. The molecule has 0 aliphatic carbocycles. The van der Waals surface area contributed by atoms with Gasteiger partial charge in [0.1, 0.15) is 0 Å². The van der Waals surface area contributed by atoms with Gasteiger partial charge in [0.05, 0.1) is 5.75 Å². The van der Waals surface area contributed by atoms with Crippen LogP contribution in [0.3, 0.4) is 0 Å². The Hall–Kier alpha value is -1.89. The number of hydrogen-bond donors (Lipinski definition) is 0. The van der Waals surface area contributed by atoms with Crippen molar-refractivity contribution in [2.45, 2.75) is 70.2 Å². The lowest BCUT2D eigenvalue weighted by molar-refractivity contribution is -0.134. The Labute approximate surface area is 159 Å². The minimum atomic E-state index is 0.198. The number of carbonyl (C=O) groups excluding carboxylic acids is 1. The van der Waals surface area contributed by atoms with Crippen molar-refractivity contribution in [3.8, 4) is 11.4 Å². The molecule has 1 saturated heterocycles. The van der Waals surface area contributed by atoms with Crippen molar-refractivity contribution in [3.05, 3.63) is 24.5 Å². The summed E-state index contributed by atoms with van der Waals surface area (Å²) >= 11 is 1.49. The van der Waals surface area contributed by atoms with E-state index < -0.39 is 0 Å². The number of hydrogen-bond acceptors (Lipinski definition) is 5. The largest absolute Gasteiger partial charge is 0.337 e. The quantitative estimate of drug-likeness (QED) is 0.724. The first-order chi connectivity index (χ1) is 12.6. The SMILES string of the molecule is CCCn1c(SCC(=O)N2[C@@H](C)CCC[C@@H]2C)nnc1-c1cccnc1. The van der Waals surface area contributed by atoms with Crippen molar-refractivity contribution < 1.29 is 4.79 Å². The molecule has 0 saturated carbocycles. The van der Waals surface area contributed by atoms with Gasteiger partial charge >= 0.3 is 0 Å². The Morgan fingerprint density at radius 1 is 1.27 bits per heavy atom. The van der Waals surface area contributed by atoms with E-state index in [2.05, 4.69) is 45.4 Å². The number of amides is 1. The molecule has 0 radical (unpaired) electrons. The first kappa shape index (κ1) is 18.9. The van der Waals surface area contributed by atoms with E-state index in [0.717, 1.165) is 42.4 Å². The minimum Gasteiger partial charge on any atom is -0.337 e. The molecule has 0 bridgehead atoms. The van der Waals surface area contributed by atoms with Crippen LogP contribution < -0.4 is 0 Å². The van der Waals surface area contributed by atoms with E-state index in [-0.39, 0.29) is 5.91 Å². The Balaban J connectivity index is 1.73. The molecule has 1 aliphatic rings. The van der Waals surface area contributed by atoms with Gasteiger partial charge in [-0.2, -0.15) is 0 Å². The summed E-state index contributed by atoms with van der Waals surface area (Å²) in [6, 6.07) is 4.54. The van der Waals surface area contributed by atoms with Crippen LogP contribution in [-0.2, 0) is 11.3 Å². The number of rotatable bonds is 6. The maximum atomic E-state index is 12.8. The number of pyridine rings is 1. The standard InChI is InChI=1S/C19H27N5OS/c1-4-11-23-18(16-9-6-10-20-12-16)21-22-19(23)26-13-17(25)24-14(2)7-5-8-15(24)3/h6,9-10,12,14-15H,4-5,7-8,11,13H2,1-3H3/t14-,15-/m0/s1. The highest BCUT2D eigenvalue weighted by molar-refractivity contribution is 7.99. The lowest BCUT2D eigenvalue weighted by Crippen LogP contribution is -2.48. The summed E-state index contributed by atoms with van der Waals surface area (Å²) in [4.78, 5) is 19.0. The van der Waals surface area contributed by atoms with E-state index in [1.165, 1.54) is 18.2 Å². The fourth-order valence-electron chi connectivity index (χ4n) is 3.64. The molecule has 0 aromatic carbocycles. The molecule has 3 rings (SSSR count). The van der Waals surface area contributed by atoms with Crippen LogP contribution in [0, 0.1) is 0 Å². The average Bonchev–Trinajstić information content (AvgIpc) is 3.03. The van der Waals surface area contributed by atoms with Crippen LogP contribution in [0.4, 0.5) is 0 Å². The average molecular weight is 374 g/mol. The molecule has 140 valence electrons. The van der Waals surface area contributed by atoms with Gasteiger partial charge in [0.25, 0.3) is 0 Å². The second-order valence-corrected chi connectivity index (χ2v) is 7.86. The molecular weight excluding hydrogens is 346 g/mol. The molecule has 1 fully saturated rings. The van der Waals surface area contributed by atoms with Gasteiger partial charge < -0.3 is 9.47 Å². The van der Waals surface area contributed by atoms with Crippen LogP contribution in [0.25, 0.3) is 11.4 Å². The number of carbonyl (C=O) groups is 1. The van der Waals surface area contributed by atoms with Crippen molar-refractivity contribution >= 4 is 17.7 Å². The van der Waals surface area contributed by atoms with Crippen molar-refractivity contribution in [1.82, 2.24) is 24.6 Å². The van der Waals surface area contributed by atoms with E-state index in [9.17, 15) is 4.79 Å². The highest BCUT2D eigenvalue weighted by atomic mass is 32.2. The van der Waals surface area contributed by atoms with E-state index in [1.54, 1.807) is 12.4 Å². The molecule has 2 atom stereocenters. The van der Waals surface area contributed by atoms with Gasteiger partial charge in [-0.05, 0) is 51.7 Å². The number of aromatic nitrogens is 4. The molecule has 0 unspecified atom stereocenters. The van der Waals surface area contributed by atoms with Crippen LogP contribution in [-0.4, -0.2) is 48.4 Å². The fraction of sp³-hybridized carbons (Fsp3) is 0.579. The second kappa shape index (κ2) is 8.66. The van der Waals surface area contributed by atoms with Crippen LogP contribution in [0.5, 0.6) is 0 Å². The van der Waals surface area contributed by atoms with Crippen molar-refractivity contribution in [3.63, 3.8) is 0 Å². The molecule has 1 aliphatic heterocycles. The molecular formula is C19H27N5OS. The summed E-state index contributed by atoms with van der Waals surface area (Å²) < 4.78 is 2.10. The summed E-state index contributed by atoms with van der Waals surface area (Å²) in [6.45, 7) is 7.25. The van der Waals surface area contributed by atoms with Crippen molar-refractivity contribution in [1.29, 1.82) is 0 Å². The Morgan fingerprint density at radius 2 is 2.04 bits per heavy atom. The summed E-state index contributed by atoms with van der Waals surface area (Å²) in [5.41, 5.74) is 0.949. The van der Waals surface area contributed by atoms with Crippen molar-refractivity contribution in [2.24, 2.45) is 0 Å². The predicted octanol–water partition coefficient (Wildman–Crippen LogP) is 3.63. The van der Waals surface area contributed by atoms with E-state index in [1.807, 2.05) is 12.1 Å². The normalized spacial score (nSPS) is 20.3. The van der Waals surface area contributed by atoms with Crippen LogP contribution >= 0.6 is 11.8 Å². The van der Waals surface area contributed by atoms with Gasteiger partial charge in [-0.3, -0.25) is 9.78 Å². The zero-order chi connectivity index (χ0) is 18.5. The number of thioether (sulfide) groups is 1. The predicted molar refractivity (Wildman–Crippen MR) is 104 cm³/mol.